The van der Waals surface area contributed by atoms with E-state index >= 15 is 0 Å². The lowest BCUT2D eigenvalue weighted by molar-refractivity contribution is 0.303. The molecule has 0 nitrogen and oxygen atoms in total. The second kappa shape index (κ2) is 4.25. The van der Waals surface area contributed by atoms with Gasteiger partial charge in [-0.05, 0) is 44.4 Å². The van der Waals surface area contributed by atoms with E-state index in [1.54, 1.807) is 0 Å². The van der Waals surface area contributed by atoms with Gasteiger partial charge in [-0.3, -0.25) is 0 Å². The van der Waals surface area contributed by atoms with Gasteiger partial charge in [0, 0.05) is 5.41 Å². The highest BCUT2D eigenvalue weighted by atomic mass is 14.5. The van der Waals surface area contributed by atoms with Gasteiger partial charge in [0.2, 0.25) is 0 Å². The first kappa shape index (κ1) is 13.0. The Kier molecular flexibility index (Phi) is 2.76. The summed E-state index contributed by atoms with van der Waals surface area (Å²) in [6.07, 6.45) is 0. The van der Waals surface area contributed by atoms with Crippen LogP contribution in [0.3, 0.4) is 0 Å². The van der Waals surface area contributed by atoms with Crippen LogP contribution in [0.2, 0.25) is 0 Å². The van der Waals surface area contributed by atoms with Gasteiger partial charge in [-0.25, -0.2) is 0 Å². The monoisotopic (exact) mass is 260 g/mol. The molecule has 2 aromatic rings. The van der Waals surface area contributed by atoms with E-state index in [1.165, 1.54) is 22.3 Å². The van der Waals surface area contributed by atoms with E-state index < -0.39 is 0 Å². The van der Waals surface area contributed by atoms with Crippen LogP contribution in [0.15, 0.2) is 48.5 Å². The lowest BCUT2D eigenvalue weighted by atomic mass is 9.58. The van der Waals surface area contributed by atoms with Gasteiger partial charge in [0.05, 0.1) is 5.41 Å². The quantitative estimate of drug-likeness (QED) is 0.669. The molecule has 0 fully saturated rings. The number of hydrogen-bond acceptors (Lipinski definition) is 0. The first-order chi connectivity index (χ1) is 9.42. The smallest absolute Gasteiger partial charge is 0.0694 e. The van der Waals surface area contributed by atoms with Gasteiger partial charge >= 0.3 is 0 Å². The summed E-state index contributed by atoms with van der Waals surface area (Å²) in [7, 11) is 0. The Bertz CT molecular complexity index is 690. The van der Waals surface area contributed by atoms with Crippen LogP contribution in [0.25, 0.3) is 11.1 Å². The lowest BCUT2D eigenvalue weighted by Gasteiger charge is -2.43. The zero-order valence-electron chi connectivity index (χ0n) is 12.6. The van der Waals surface area contributed by atoms with Crippen LogP contribution in [0, 0.1) is 24.2 Å². The molecule has 0 amide bonds. The number of hydrogen-bond donors (Lipinski definition) is 0. The lowest BCUT2D eigenvalue weighted by Crippen LogP contribution is -2.43. The first-order valence-corrected chi connectivity index (χ1v) is 7.14. The largest absolute Gasteiger partial charge is 0.0942 e. The fourth-order valence-corrected chi connectivity index (χ4v) is 2.68. The third-order valence-electron chi connectivity index (χ3n) is 4.72. The number of benzene rings is 2. The van der Waals surface area contributed by atoms with Crippen LogP contribution >= 0.6 is 0 Å². The van der Waals surface area contributed by atoms with E-state index in [9.17, 15) is 0 Å². The molecule has 0 heterocycles. The molecule has 0 N–H and O–H groups in total. The van der Waals surface area contributed by atoms with Crippen molar-refractivity contribution in [1.29, 1.82) is 0 Å². The summed E-state index contributed by atoms with van der Waals surface area (Å²) in [6, 6.07) is 17.5. The molecule has 3 rings (SSSR count). The summed E-state index contributed by atoms with van der Waals surface area (Å²) < 4.78 is 0. The van der Waals surface area contributed by atoms with Gasteiger partial charge in [-0.2, -0.15) is 0 Å². The predicted molar refractivity (Wildman–Crippen MR) is 85.5 cm³/mol. The molecule has 0 aliphatic heterocycles. The van der Waals surface area contributed by atoms with Crippen LogP contribution in [-0.4, -0.2) is 0 Å². The SMILES string of the molecule is Cc1ccc(-c2ccc(C3(C)C#CC3(C)C)cc2)cc1. The Morgan fingerprint density at radius 2 is 1.20 bits per heavy atom. The molecule has 1 atom stereocenters. The molecule has 20 heavy (non-hydrogen) atoms. The maximum Gasteiger partial charge on any atom is 0.0694 e. The molecule has 0 spiro atoms. The Morgan fingerprint density at radius 3 is 1.60 bits per heavy atom. The van der Waals surface area contributed by atoms with E-state index in [4.69, 9.17) is 0 Å². The van der Waals surface area contributed by atoms with Crippen LogP contribution in [0.4, 0.5) is 0 Å². The van der Waals surface area contributed by atoms with Gasteiger partial charge in [-0.1, -0.05) is 65.9 Å². The van der Waals surface area contributed by atoms with Crippen molar-refractivity contribution in [2.45, 2.75) is 33.1 Å². The first-order valence-electron chi connectivity index (χ1n) is 7.14. The van der Waals surface area contributed by atoms with Crippen molar-refractivity contribution in [3.63, 3.8) is 0 Å². The van der Waals surface area contributed by atoms with Crippen molar-refractivity contribution in [1.82, 2.24) is 0 Å². The normalized spacial score (nSPS) is 22.6. The Labute approximate surface area is 121 Å². The fraction of sp³-hybridized carbons (Fsp3) is 0.300. The molecule has 1 aliphatic rings. The Balaban J connectivity index is 1.94. The molecule has 0 heteroatoms. The van der Waals surface area contributed by atoms with Crippen molar-refractivity contribution in [3.8, 4) is 23.0 Å². The molecule has 1 aliphatic carbocycles. The topological polar surface area (TPSA) is 0 Å². The molecular formula is C20H20. The average molecular weight is 260 g/mol. The van der Waals surface area contributed by atoms with Crippen LogP contribution < -0.4 is 0 Å². The molecule has 2 aromatic carbocycles. The highest BCUT2D eigenvalue weighted by Crippen LogP contribution is 2.46. The van der Waals surface area contributed by atoms with E-state index in [2.05, 4.69) is 88.1 Å². The van der Waals surface area contributed by atoms with Crippen molar-refractivity contribution in [3.05, 3.63) is 59.7 Å². The molecule has 0 radical (unpaired) electrons. The highest BCUT2D eigenvalue weighted by Gasteiger charge is 2.45. The van der Waals surface area contributed by atoms with E-state index in [1.807, 2.05) is 0 Å². The van der Waals surface area contributed by atoms with E-state index in [0.29, 0.717) is 0 Å². The van der Waals surface area contributed by atoms with E-state index in [0.717, 1.165) is 0 Å². The minimum Gasteiger partial charge on any atom is -0.0942 e. The maximum atomic E-state index is 3.35. The summed E-state index contributed by atoms with van der Waals surface area (Å²) in [5.74, 6) is 6.62. The molecule has 0 aromatic heterocycles. The van der Waals surface area contributed by atoms with Gasteiger partial charge in [0.15, 0.2) is 0 Å². The molecule has 0 saturated carbocycles. The Morgan fingerprint density at radius 1 is 0.700 bits per heavy atom. The number of rotatable bonds is 2. The van der Waals surface area contributed by atoms with Crippen molar-refractivity contribution in [2.75, 3.05) is 0 Å². The second-order valence-electron chi connectivity index (χ2n) is 6.44. The minimum atomic E-state index is -0.0151. The molecule has 100 valence electrons. The van der Waals surface area contributed by atoms with Crippen molar-refractivity contribution >= 4 is 0 Å². The number of aryl methyl sites for hydroxylation is 1. The minimum absolute atomic E-state index is 0.0151. The van der Waals surface area contributed by atoms with Crippen LogP contribution in [0.5, 0.6) is 0 Å². The summed E-state index contributed by atoms with van der Waals surface area (Å²) in [5.41, 5.74) is 5.20. The zero-order valence-corrected chi connectivity index (χ0v) is 12.6. The summed E-state index contributed by atoms with van der Waals surface area (Å²) >= 11 is 0. The molecular weight excluding hydrogens is 240 g/mol. The third kappa shape index (κ3) is 1.86. The van der Waals surface area contributed by atoms with Gasteiger partial charge in [-0.15, -0.1) is 0 Å². The fourth-order valence-electron chi connectivity index (χ4n) is 2.68. The average Bonchev–Trinajstić information content (AvgIpc) is 2.46. The summed E-state index contributed by atoms with van der Waals surface area (Å²) in [5, 5.41) is 0. The summed E-state index contributed by atoms with van der Waals surface area (Å²) in [6.45, 7) is 8.80. The molecule has 1 unspecified atom stereocenters. The van der Waals surface area contributed by atoms with E-state index in [-0.39, 0.29) is 10.8 Å². The van der Waals surface area contributed by atoms with Gasteiger partial charge in [0.1, 0.15) is 0 Å². The molecule has 0 bridgehead atoms. The van der Waals surface area contributed by atoms with Crippen LogP contribution in [-0.2, 0) is 5.41 Å². The Hall–Kier alpha value is -2.00. The highest BCUT2D eigenvalue weighted by molar-refractivity contribution is 5.65. The zero-order chi connectivity index (χ0) is 14.4. The summed E-state index contributed by atoms with van der Waals surface area (Å²) in [4.78, 5) is 0. The van der Waals surface area contributed by atoms with Gasteiger partial charge < -0.3 is 0 Å². The van der Waals surface area contributed by atoms with Crippen molar-refractivity contribution < 1.29 is 0 Å². The predicted octanol–water partition coefficient (Wildman–Crippen LogP) is 4.96. The maximum absolute atomic E-state index is 3.35. The van der Waals surface area contributed by atoms with Gasteiger partial charge in [0.25, 0.3) is 0 Å². The molecule has 0 saturated heterocycles. The second-order valence-corrected chi connectivity index (χ2v) is 6.44. The standard InChI is InChI=1S/C20H20/c1-15-5-7-16(8-6-15)17-9-11-18(12-10-17)20(4)14-13-19(20,2)3/h5-12H,1-4H3. The third-order valence-corrected chi connectivity index (χ3v) is 4.72. The van der Waals surface area contributed by atoms with Crippen LogP contribution in [0.1, 0.15) is 31.9 Å². The van der Waals surface area contributed by atoms with Crippen molar-refractivity contribution in [2.24, 2.45) is 5.41 Å².